The Labute approximate surface area is 135 Å². The van der Waals surface area contributed by atoms with Crippen molar-refractivity contribution in [2.75, 3.05) is 0 Å². The molecule has 0 unspecified atom stereocenters. The maximum Gasteiger partial charge on any atom is 0.339 e. The van der Waals surface area contributed by atoms with Crippen LogP contribution in [0, 0.1) is 0 Å². The van der Waals surface area contributed by atoms with Gasteiger partial charge in [0, 0.05) is 31.2 Å². The van der Waals surface area contributed by atoms with Crippen molar-refractivity contribution in [1.82, 2.24) is 0 Å². The highest BCUT2D eigenvalue weighted by molar-refractivity contribution is 8.05. The van der Waals surface area contributed by atoms with Gasteiger partial charge in [-0.1, -0.05) is 47.8 Å². The Morgan fingerprint density at radius 1 is 0.864 bits per heavy atom. The summed E-state index contributed by atoms with van der Waals surface area (Å²) in [5.74, 6) is 0.298. The molecule has 2 heterocycles. The first-order valence-electron chi connectivity index (χ1n) is 6.63. The fraction of sp³-hybridized carbons (Fsp3) is 0. The van der Waals surface area contributed by atoms with Crippen LogP contribution in [0.3, 0.4) is 0 Å². The van der Waals surface area contributed by atoms with E-state index in [-0.39, 0.29) is 5.75 Å². The van der Waals surface area contributed by atoms with Gasteiger partial charge in [0.2, 0.25) is 0 Å². The van der Waals surface area contributed by atoms with Gasteiger partial charge in [-0.15, -0.1) is 0 Å². The minimum absolute atomic E-state index is 0.0854. The molecular weight excluding hydrogens is 316 g/mol. The van der Waals surface area contributed by atoms with E-state index in [9.17, 15) is 9.90 Å². The molecule has 0 aliphatic carbocycles. The van der Waals surface area contributed by atoms with Gasteiger partial charge in [-0.25, -0.2) is 4.79 Å². The molecule has 1 aliphatic heterocycles. The summed E-state index contributed by atoms with van der Waals surface area (Å²) in [7, 11) is 0. The first-order chi connectivity index (χ1) is 10.7. The van der Waals surface area contributed by atoms with Crippen LogP contribution in [0.25, 0.3) is 11.3 Å². The van der Waals surface area contributed by atoms with Gasteiger partial charge in [-0.3, -0.25) is 0 Å². The van der Waals surface area contributed by atoms with Gasteiger partial charge in [0.1, 0.15) is 11.5 Å². The van der Waals surface area contributed by atoms with E-state index in [4.69, 9.17) is 4.42 Å². The third-order valence-corrected chi connectivity index (χ3v) is 5.90. The fourth-order valence-electron chi connectivity index (χ4n) is 2.34. The zero-order valence-electron chi connectivity index (χ0n) is 11.3. The molecular formula is C17H10O3S2. The monoisotopic (exact) mass is 326 g/mol. The minimum atomic E-state index is -0.554. The lowest BCUT2D eigenvalue weighted by atomic mass is 10.1. The lowest BCUT2D eigenvalue weighted by Gasteiger charge is -2.20. The summed E-state index contributed by atoms with van der Waals surface area (Å²) >= 11 is 3.35. The molecule has 22 heavy (non-hydrogen) atoms. The lowest BCUT2D eigenvalue weighted by molar-refractivity contribution is 0.452. The highest BCUT2D eigenvalue weighted by Gasteiger charge is 2.21. The maximum atomic E-state index is 11.5. The Kier molecular flexibility index (Phi) is 3.24. The highest BCUT2D eigenvalue weighted by Crippen LogP contribution is 2.51. The first kappa shape index (κ1) is 13.5. The van der Waals surface area contributed by atoms with Gasteiger partial charge in [0.25, 0.3) is 0 Å². The van der Waals surface area contributed by atoms with Crippen molar-refractivity contribution in [3.63, 3.8) is 0 Å². The van der Waals surface area contributed by atoms with Crippen LogP contribution < -0.4 is 5.63 Å². The second-order valence-electron chi connectivity index (χ2n) is 4.78. The predicted octanol–water partition coefficient (Wildman–Crippen LogP) is 4.63. The van der Waals surface area contributed by atoms with Crippen molar-refractivity contribution in [3.05, 3.63) is 65.0 Å². The van der Waals surface area contributed by atoms with E-state index in [0.29, 0.717) is 5.76 Å². The molecule has 0 saturated heterocycles. The van der Waals surface area contributed by atoms with Gasteiger partial charge in [0.15, 0.2) is 0 Å². The van der Waals surface area contributed by atoms with Gasteiger partial charge >= 0.3 is 5.63 Å². The van der Waals surface area contributed by atoms with E-state index in [2.05, 4.69) is 12.1 Å². The van der Waals surface area contributed by atoms with Crippen molar-refractivity contribution in [2.24, 2.45) is 0 Å². The highest BCUT2D eigenvalue weighted by atomic mass is 32.2. The molecule has 0 saturated carbocycles. The Bertz CT molecular complexity index is 931. The largest absolute Gasteiger partial charge is 0.508 e. The molecule has 0 spiro atoms. The van der Waals surface area contributed by atoms with E-state index < -0.39 is 5.63 Å². The zero-order chi connectivity index (χ0) is 15.1. The Morgan fingerprint density at radius 3 is 2.36 bits per heavy atom. The molecule has 0 atom stereocenters. The molecule has 1 N–H and O–H groups in total. The van der Waals surface area contributed by atoms with Crippen molar-refractivity contribution >= 4 is 23.5 Å². The molecule has 1 aliphatic rings. The van der Waals surface area contributed by atoms with Gasteiger partial charge in [-0.05, 0) is 18.2 Å². The van der Waals surface area contributed by atoms with Crippen LogP contribution in [0.5, 0.6) is 5.75 Å². The van der Waals surface area contributed by atoms with Crippen LogP contribution in [-0.4, -0.2) is 5.11 Å². The number of fused-ring (bicyclic) bond motifs is 2. The smallest absolute Gasteiger partial charge is 0.339 e. The fourth-order valence-corrected chi connectivity index (χ4v) is 4.72. The molecule has 4 rings (SSSR count). The summed E-state index contributed by atoms with van der Waals surface area (Å²) in [6.07, 6.45) is 0. The summed E-state index contributed by atoms with van der Waals surface area (Å²) in [6, 6.07) is 16.6. The Hall–Kier alpha value is -2.11. The molecule has 0 radical (unpaired) electrons. The second-order valence-corrected chi connectivity index (χ2v) is 6.92. The molecule has 0 bridgehead atoms. The molecule has 0 fully saturated rings. The normalized spacial score (nSPS) is 12.5. The molecule has 2 aromatic carbocycles. The van der Waals surface area contributed by atoms with Gasteiger partial charge < -0.3 is 9.52 Å². The van der Waals surface area contributed by atoms with E-state index >= 15 is 0 Å². The summed E-state index contributed by atoms with van der Waals surface area (Å²) in [5, 5.41) is 9.65. The summed E-state index contributed by atoms with van der Waals surface area (Å²) < 4.78 is 5.26. The van der Waals surface area contributed by atoms with Crippen molar-refractivity contribution in [1.29, 1.82) is 0 Å². The summed E-state index contributed by atoms with van der Waals surface area (Å²) in [6.45, 7) is 0. The average molecular weight is 326 g/mol. The number of aromatic hydroxyl groups is 1. The van der Waals surface area contributed by atoms with Crippen LogP contribution in [0.4, 0.5) is 0 Å². The second kappa shape index (κ2) is 5.26. The number of benzene rings is 2. The SMILES string of the molecule is O=c1cc(O)cc(-c2cccc3c2Sc2ccccc2S3)o1. The average Bonchev–Trinajstić information content (AvgIpc) is 2.51. The minimum Gasteiger partial charge on any atom is -0.508 e. The molecule has 108 valence electrons. The van der Waals surface area contributed by atoms with Crippen LogP contribution in [0.15, 0.2) is 83.4 Å². The number of hydrogen-bond donors (Lipinski definition) is 1. The third kappa shape index (κ3) is 2.32. The molecule has 0 amide bonds. The van der Waals surface area contributed by atoms with Gasteiger partial charge in [0.05, 0.1) is 6.07 Å². The predicted molar refractivity (Wildman–Crippen MR) is 86.8 cm³/mol. The number of hydrogen-bond acceptors (Lipinski definition) is 5. The van der Waals surface area contributed by atoms with Crippen LogP contribution >= 0.6 is 23.5 Å². The van der Waals surface area contributed by atoms with Crippen molar-refractivity contribution in [3.8, 4) is 17.1 Å². The molecule has 3 nitrogen and oxygen atoms in total. The Balaban J connectivity index is 1.89. The topological polar surface area (TPSA) is 50.4 Å². The summed E-state index contributed by atoms with van der Waals surface area (Å²) in [4.78, 5) is 16.1. The first-order valence-corrected chi connectivity index (χ1v) is 8.26. The van der Waals surface area contributed by atoms with Crippen LogP contribution in [0.1, 0.15) is 0 Å². The molecule has 1 aromatic heterocycles. The van der Waals surface area contributed by atoms with Crippen molar-refractivity contribution in [2.45, 2.75) is 19.6 Å². The standard InChI is InChI=1S/C17H10O3S2/c18-10-8-12(20-16(19)9-10)11-4-3-7-15-17(11)22-14-6-2-1-5-13(14)21-15/h1-9,18H. The maximum absolute atomic E-state index is 11.5. The van der Waals surface area contributed by atoms with Crippen LogP contribution in [0.2, 0.25) is 0 Å². The molecule has 3 aromatic rings. The van der Waals surface area contributed by atoms with E-state index in [1.54, 1.807) is 23.5 Å². The van der Waals surface area contributed by atoms with E-state index in [1.165, 1.54) is 15.9 Å². The lowest BCUT2D eigenvalue weighted by Crippen LogP contribution is -1.98. The van der Waals surface area contributed by atoms with Crippen molar-refractivity contribution < 1.29 is 9.52 Å². The molecule has 5 heteroatoms. The van der Waals surface area contributed by atoms with Crippen LogP contribution in [-0.2, 0) is 0 Å². The Morgan fingerprint density at radius 2 is 1.59 bits per heavy atom. The van der Waals surface area contributed by atoms with E-state index in [1.807, 2.05) is 30.3 Å². The number of rotatable bonds is 1. The summed E-state index contributed by atoms with van der Waals surface area (Å²) in [5.41, 5.74) is 0.263. The third-order valence-electron chi connectivity index (χ3n) is 3.28. The van der Waals surface area contributed by atoms with E-state index in [0.717, 1.165) is 21.4 Å². The zero-order valence-corrected chi connectivity index (χ0v) is 12.9. The quantitative estimate of drug-likeness (QED) is 0.553. The van der Waals surface area contributed by atoms with Gasteiger partial charge in [-0.2, -0.15) is 0 Å².